The van der Waals surface area contributed by atoms with E-state index in [1.807, 2.05) is 32.0 Å². The van der Waals surface area contributed by atoms with E-state index >= 15 is 0 Å². The SMILES string of the molecule is CC.CC(C)(C)C.CCCC1(C(=O)O)CCN(Cc2ccc(C3=NOC(c4ccc(CC(C)C)c(O)c4)P3)cc2)CC1. The predicted molar refractivity (Wildman–Crippen MR) is 178 cm³/mol. The summed E-state index contributed by atoms with van der Waals surface area (Å²) >= 11 is 0. The highest BCUT2D eigenvalue weighted by Crippen LogP contribution is 2.45. The number of hydrogen-bond acceptors (Lipinski definition) is 5. The molecule has 1 saturated heterocycles. The molecule has 2 heterocycles. The van der Waals surface area contributed by atoms with Gasteiger partial charge >= 0.3 is 5.97 Å². The lowest BCUT2D eigenvalue weighted by molar-refractivity contribution is -0.152. The number of phenols is 1. The fourth-order valence-electron chi connectivity index (χ4n) is 5.13. The summed E-state index contributed by atoms with van der Waals surface area (Å²) in [5.74, 6) is 0.0253. The second kappa shape index (κ2) is 16.4. The van der Waals surface area contributed by atoms with Gasteiger partial charge in [0.25, 0.3) is 0 Å². The summed E-state index contributed by atoms with van der Waals surface area (Å²) in [6.45, 7) is 21.6. The lowest BCUT2D eigenvalue weighted by atomic mass is 9.75. The number of aromatic hydroxyl groups is 1. The number of likely N-dealkylation sites (tertiary alicyclic amines) is 1. The third-order valence-electron chi connectivity index (χ3n) is 7.19. The topological polar surface area (TPSA) is 82.4 Å². The number of carboxylic acids is 1. The fourth-order valence-corrected chi connectivity index (χ4v) is 6.27. The smallest absolute Gasteiger partial charge is 0.309 e. The number of benzene rings is 2. The monoisotopic (exact) mass is 598 g/mol. The zero-order chi connectivity index (χ0) is 31.5. The van der Waals surface area contributed by atoms with Gasteiger partial charge in [-0.1, -0.05) is 110 Å². The van der Waals surface area contributed by atoms with Crippen molar-refractivity contribution in [2.45, 2.75) is 107 Å². The van der Waals surface area contributed by atoms with Crippen molar-refractivity contribution >= 4 is 20.0 Å². The number of carbonyl (C=O) groups is 1. The van der Waals surface area contributed by atoms with Gasteiger partial charge in [-0.15, -0.1) is 0 Å². The number of piperidine rings is 1. The van der Waals surface area contributed by atoms with Gasteiger partial charge in [0, 0.05) is 17.7 Å². The highest BCUT2D eigenvalue weighted by Gasteiger charge is 2.40. The predicted octanol–water partition coefficient (Wildman–Crippen LogP) is 9.21. The summed E-state index contributed by atoms with van der Waals surface area (Å²) < 4.78 is 0. The molecule has 0 spiro atoms. The normalized spacial score (nSPS) is 18.8. The first-order valence-electron chi connectivity index (χ1n) is 15.7. The van der Waals surface area contributed by atoms with E-state index in [0.717, 1.165) is 73.9 Å². The Kier molecular flexibility index (Phi) is 14.0. The Hall–Kier alpha value is -2.43. The molecule has 234 valence electrons. The molecule has 2 aromatic carbocycles. The second-order valence-electron chi connectivity index (χ2n) is 13.4. The van der Waals surface area contributed by atoms with Crippen LogP contribution in [0.5, 0.6) is 5.75 Å². The summed E-state index contributed by atoms with van der Waals surface area (Å²) in [5, 5.41) is 24.5. The van der Waals surface area contributed by atoms with E-state index in [4.69, 9.17) is 4.84 Å². The number of rotatable bonds is 9. The molecule has 0 radical (unpaired) electrons. The first-order chi connectivity index (χ1) is 19.8. The molecule has 2 unspecified atom stereocenters. The maximum absolute atomic E-state index is 11.8. The molecule has 1 fully saturated rings. The van der Waals surface area contributed by atoms with E-state index < -0.39 is 11.4 Å². The summed E-state index contributed by atoms with van der Waals surface area (Å²) in [6, 6.07) is 14.3. The minimum atomic E-state index is -0.635. The van der Waals surface area contributed by atoms with Crippen LogP contribution in [0.1, 0.15) is 116 Å². The molecule has 2 aliphatic heterocycles. The number of phenolic OH excluding ortho intramolecular Hbond substituents is 1. The van der Waals surface area contributed by atoms with Crippen LogP contribution in [0.4, 0.5) is 0 Å². The Morgan fingerprint density at radius 2 is 1.69 bits per heavy atom. The molecular formula is C35H55N2O4P. The molecule has 42 heavy (non-hydrogen) atoms. The highest BCUT2D eigenvalue weighted by molar-refractivity contribution is 7.59. The van der Waals surface area contributed by atoms with Crippen LogP contribution in [0.2, 0.25) is 0 Å². The van der Waals surface area contributed by atoms with Crippen LogP contribution in [0.25, 0.3) is 0 Å². The van der Waals surface area contributed by atoms with Crippen LogP contribution >= 0.6 is 8.58 Å². The average molecular weight is 599 g/mol. The van der Waals surface area contributed by atoms with Crippen molar-refractivity contribution in [1.82, 2.24) is 4.90 Å². The van der Waals surface area contributed by atoms with E-state index in [1.54, 1.807) is 0 Å². The fraction of sp³-hybridized carbons (Fsp3) is 0.600. The van der Waals surface area contributed by atoms with Gasteiger partial charge in [-0.2, -0.15) is 0 Å². The highest BCUT2D eigenvalue weighted by atomic mass is 31.1. The van der Waals surface area contributed by atoms with Crippen molar-refractivity contribution in [3.8, 4) is 5.75 Å². The molecular weight excluding hydrogens is 543 g/mol. The molecule has 2 aromatic rings. The van der Waals surface area contributed by atoms with Crippen molar-refractivity contribution < 1.29 is 19.8 Å². The second-order valence-corrected chi connectivity index (χ2v) is 14.7. The molecule has 0 amide bonds. The van der Waals surface area contributed by atoms with Crippen molar-refractivity contribution in [3.05, 3.63) is 64.7 Å². The molecule has 0 bridgehead atoms. The quantitative estimate of drug-likeness (QED) is 0.281. The Bertz CT molecular complexity index is 1140. The molecule has 2 N–H and O–H groups in total. The van der Waals surface area contributed by atoms with Crippen molar-refractivity contribution in [3.63, 3.8) is 0 Å². The van der Waals surface area contributed by atoms with Crippen molar-refractivity contribution in [2.75, 3.05) is 13.1 Å². The van der Waals surface area contributed by atoms with Gasteiger partial charge in [-0.25, -0.2) is 0 Å². The lowest BCUT2D eigenvalue weighted by Gasteiger charge is -2.38. The van der Waals surface area contributed by atoms with Crippen LogP contribution in [0.3, 0.4) is 0 Å². The third kappa shape index (κ3) is 11.0. The molecule has 0 aromatic heterocycles. The number of aliphatic carboxylic acids is 1. The van der Waals surface area contributed by atoms with E-state index in [-0.39, 0.29) is 5.85 Å². The van der Waals surface area contributed by atoms with Crippen LogP contribution in [0.15, 0.2) is 47.6 Å². The van der Waals surface area contributed by atoms with Crippen LogP contribution in [0, 0.1) is 16.7 Å². The number of hydrogen-bond donors (Lipinski definition) is 2. The van der Waals surface area contributed by atoms with Gasteiger partial charge < -0.3 is 15.1 Å². The molecule has 6 nitrogen and oxygen atoms in total. The summed E-state index contributed by atoms with van der Waals surface area (Å²) in [6.07, 6.45) is 3.97. The van der Waals surface area contributed by atoms with E-state index in [1.165, 1.54) is 5.56 Å². The van der Waals surface area contributed by atoms with Crippen LogP contribution in [-0.2, 0) is 22.6 Å². The summed E-state index contributed by atoms with van der Waals surface area (Å²) in [7, 11) is 0.378. The molecule has 2 aliphatic rings. The van der Waals surface area contributed by atoms with E-state index in [0.29, 0.717) is 25.7 Å². The number of nitrogens with zero attached hydrogens (tertiary/aromatic N) is 2. The summed E-state index contributed by atoms with van der Waals surface area (Å²) in [4.78, 5) is 19.9. The van der Waals surface area contributed by atoms with E-state index in [2.05, 4.69) is 82.8 Å². The molecule has 7 heteroatoms. The molecule has 0 saturated carbocycles. The molecule has 4 rings (SSSR count). The maximum Gasteiger partial charge on any atom is 0.309 e. The third-order valence-corrected chi connectivity index (χ3v) is 8.54. The first-order valence-corrected chi connectivity index (χ1v) is 16.7. The molecule has 2 atom stereocenters. The van der Waals surface area contributed by atoms with Crippen molar-refractivity contribution in [2.24, 2.45) is 21.9 Å². The standard InChI is InChI=1S/C28H37N2O4P.C5H12.C2H6/c1-4-11-28(27(32)33)12-14-30(15-13-28)18-20-5-7-21(8-6-20)25-29-34-26(35-25)23-10-9-22(16-19(2)3)24(31)17-23;1-5(2,3)4;1-2/h5-10,17,19,26,31,35H,4,11-16,18H2,1-3H3,(H,32,33);1-4H3;1-2H3. The Balaban J connectivity index is 0.000000797. The van der Waals surface area contributed by atoms with Gasteiger partial charge in [0.2, 0.25) is 0 Å². The zero-order valence-corrected chi connectivity index (χ0v) is 28.5. The largest absolute Gasteiger partial charge is 0.508 e. The Morgan fingerprint density at radius 1 is 1.10 bits per heavy atom. The Labute approximate surface area is 256 Å². The maximum atomic E-state index is 11.8. The zero-order valence-electron chi connectivity index (χ0n) is 27.5. The van der Waals surface area contributed by atoms with Gasteiger partial charge in [0.1, 0.15) is 11.2 Å². The van der Waals surface area contributed by atoms with Crippen LogP contribution in [-0.4, -0.2) is 39.6 Å². The minimum Gasteiger partial charge on any atom is -0.508 e. The van der Waals surface area contributed by atoms with Gasteiger partial charge in [-0.05, 0) is 75.9 Å². The van der Waals surface area contributed by atoms with E-state index in [9.17, 15) is 15.0 Å². The number of carboxylic acid groups (broad SMARTS) is 1. The van der Waals surface area contributed by atoms with Crippen LogP contribution < -0.4 is 0 Å². The number of oxime groups is 1. The lowest BCUT2D eigenvalue weighted by Crippen LogP contribution is -2.44. The summed E-state index contributed by atoms with van der Waals surface area (Å²) in [5.41, 5.74) is 5.09. The van der Waals surface area contributed by atoms with Crippen molar-refractivity contribution in [1.29, 1.82) is 0 Å². The Morgan fingerprint density at radius 3 is 2.19 bits per heavy atom. The average Bonchev–Trinajstić information content (AvgIpc) is 3.42. The minimum absolute atomic E-state index is 0.158. The first kappa shape index (κ1) is 35.8. The van der Waals surface area contributed by atoms with Gasteiger partial charge in [0.15, 0.2) is 5.85 Å². The van der Waals surface area contributed by atoms with Gasteiger partial charge in [0.05, 0.1) is 5.41 Å². The molecule has 0 aliphatic carbocycles. The van der Waals surface area contributed by atoms with Gasteiger partial charge in [-0.3, -0.25) is 9.69 Å².